The highest BCUT2D eigenvalue weighted by Crippen LogP contribution is 2.48. The fourth-order valence-electron chi connectivity index (χ4n) is 5.16. The number of rotatable bonds is 7. The summed E-state index contributed by atoms with van der Waals surface area (Å²) in [6.07, 6.45) is 3.70. The Hall–Kier alpha value is -3.29. The standard InChI is InChI=1S/C29H27Cl2NO6/c1-2-36-25-13-16(9-12-22(25)37-15-26(35)32-17-10-11-18(30)19(31)14-17)27-28-20(33)5-3-7-23(28)38-24-8-4-6-21(34)29(24)27/h9-14,27H,2-8,15H2,1H3,(H,32,35). The van der Waals surface area contributed by atoms with Crippen LogP contribution in [0.5, 0.6) is 11.5 Å². The number of amides is 1. The first-order chi connectivity index (χ1) is 18.4. The number of Topliss-reactive ketones (excluding diaryl/α,β-unsaturated/α-hetero) is 2. The van der Waals surface area contributed by atoms with Gasteiger partial charge < -0.3 is 19.5 Å². The van der Waals surface area contributed by atoms with Gasteiger partial charge in [0.1, 0.15) is 11.5 Å². The third-order valence-corrected chi connectivity index (χ3v) is 7.54. The maximum Gasteiger partial charge on any atom is 0.262 e. The second kappa shape index (κ2) is 11.2. The Morgan fingerprint density at radius 3 is 2.21 bits per heavy atom. The molecule has 0 atom stereocenters. The maximum atomic E-state index is 13.1. The van der Waals surface area contributed by atoms with Crippen molar-refractivity contribution in [2.24, 2.45) is 0 Å². The van der Waals surface area contributed by atoms with Crippen molar-refractivity contribution in [1.29, 1.82) is 0 Å². The minimum atomic E-state index is -0.499. The maximum absolute atomic E-state index is 13.1. The molecule has 1 amide bonds. The van der Waals surface area contributed by atoms with E-state index in [0.717, 1.165) is 18.4 Å². The van der Waals surface area contributed by atoms with Crippen LogP contribution in [0.15, 0.2) is 59.1 Å². The van der Waals surface area contributed by atoms with E-state index in [2.05, 4.69) is 5.32 Å². The SMILES string of the molecule is CCOc1cc(C2C3=C(CCCC3=O)OC3=C2C(=O)CCC3)ccc1OCC(=O)Nc1ccc(Cl)c(Cl)c1. The van der Waals surface area contributed by atoms with E-state index < -0.39 is 5.92 Å². The van der Waals surface area contributed by atoms with Crippen LogP contribution in [0.4, 0.5) is 5.69 Å². The lowest BCUT2D eigenvalue weighted by Gasteiger charge is -2.36. The van der Waals surface area contributed by atoms with Gasteiger partial charge in [0.05, 0.1) is 16.7 Å². The fraction of sp³-hybridized carbons (Fsp3) is 0.345. The van der Waals surface area contributed by atoms with Gasteiger partial charge in [-0.2, -0.15) is 0 Å². The van der Waals surface area contributed by atoms with Gasteiger partial charge in [-0.1, -0.05) is 29.3 Å². The second-order valence-corrected chi connectivity index (χ2v) is 10.2. The van der Waals surface area contributed by atoms with Crippen LogP contribution < -0.4 is 14.8 Å². The molecule has 0 spiro atoms. The topological polar surface area (TPSA) is 90.9 Å². The number of carbonyl (C=O) groups is 3. The summed E-state index contributed by atoms with van der Waals surface area (Å²) in [7, 11) is 0. The minimum Gasteiger partial charge on any atom is -0.490 e. The van der Waals surface area contributed by atoms with E-state index in [1.54, 1.807) is 30.3 Å². The number of benzene rings is 2. The highest BCUT2D eigenvalue weighted by Gasteiger charge is 2.42. The van der Waals surface area contributed by atoms with Crippen LogP contribution in [-0.2, 0) is 19.1 Å². The number of halogens is 2. The molecule has 0 unspecified atom stereocenters. The molecule has 5 rings (SSSR count). The molecule has 0 radical (unpaired) electrons. The Bertz CT molecular complexity index is 1340. The third-order valence-electron chi connectivity index (χ3n) is 6.80. The molecule has 2 aromatic rings. The Kier molecular flexibility index (Phi) is 7.77. The third kappa shape index (κ3) is 5.31. The summed E-state index contributed by atoms with van der Waals surface area (Å²) in [5, 5.41) is 3.44. The van der Waals surface area contributed by atoms with Crippen molar-refractivity contribution in [1.82, 2.24) is 0 Å². The minimum absolute atomic E-state index is 0.0124. The lowest BCUT2D eigenvalue weighted by atomic mass is 9.73. The number of allylic oxidation sites excluding steroid dienone is 4. The van der Waals surface area contributed by atoms with Crippen LogP contribution in [0, 0.1) is 0 Å². The Morgan fingerprint density at radius 2 is 1.58 bits per heavy atom. The highest BCUT2D eigenvalue weighted by molar-refractivity contribution is 6.42. The van der Waals surface area contributed by atoms with Crippen molar-refractivity contribution in [2.75, 3.05) is 18.5 Å². The predicted molar refractivity (Wildman–Crippen MR) is 144 cm³/mol. The van der Waals surface area contributed by atoms with Gasteiger partial charge in [-0.05, 0) is 55.7 Å². The fourth-order valence-corrected chi connectivity index (χ4v) is 5.46. The van der Waals surface area contributed by atoms with Gasteiger partial charge in [0, 0.05) is 48.4 Å². The molecule has 3 aliphatic rings. The van der Waals surface area contributed by atoms with Gasteiger partial charge in [0.25, 0.3) is 5.91 Å². The molecule has 2 aliphatic carbocycles. The number of ether oxygens (including phenoxy) is 3. The number of hydrogen-bond acceptors (Lipinski definition) is 6. The molecule has 198 valence electrons. The van der Waals surface area contributed by atoms with E-state index in [-0.39, 0.29) is 24.1 Å². The Labute approximate surface area is 230 Å². The van der Waals surface area contributed by atoms with Gasteiger partial charge in [-0.25, -0.2) is 0 Å². The molecule has 0 bridgehead atoms. The highest BCUT2D eigenvalue weighted by atomic mass is 35.5. The summed E-state index contributed by atoms with van der Waals surface area (Å²) >= 11 is 12.0. The van der Waals surface area contributed by atoms with E-state index in [4.69, 9.17) is 37.4 Å². The molecule has 1 heterocycles. The first-order valence-electron chi connectivity index (χ1n) is 12.7. The Morgan fingerprint density at radius 1 is 0.895 bits per heavy atom. The first-order valence-corrected chi connectivity index (χ1v) is 13.5. The van der Waals surface area contributed by atoms with E-state index in [1.807, 2.05) is 13.0 Å². The number of nitrogens with one attached hydrogen (secondary N) is 1. The average Bonchev–Trinajstić information content (AvgIpc) is 2.89. The van der Waals surface area contributed by atoms with E-state index in [9.17, 15) is 14.4 Å². The van der Waals surface area contributed by atoms with Crippen LogP contribution in [0.1, 0.15) is 56.9 Å². The molecule has 1 aliphatic heterocycles. The van der Waals surface area contributed by atoms with Crippen molar-refractivity contribution in [2.45, 2.75) is 51.4 Å². The van der Waals surface area contributed by atoms with E-state index >= 15 is 0 Å². The zero-order valence-corrected chi connectivity index (χ0v) is 22.4. The van der Waals surface area contributed by atoms with Gasteiger partial charge >= 0.3 is 0 Å². The van der Waals surface area contributed by atoms with Gasteiger partial charge in [-0.3, -0.25) is 14.4 Å². The monoisotopic (exact) mass is 555 g/mol. The van der Waals surface area contributed by atoms with Gasteiger partial charge in [0.2, 0.25) is 0 Å². The summed E-state index contributed by atoms with van der Waals surface area (Å²) in [5.41, 5.74) is 2.40. The van der Waals surface area contributed by atoms with Crippen LogP contribution in [-0.4, -0.2) is 30.7 Å². The number of carbonyl (C=O) groups excluding carboxylic acids is 3. The molecule has 0 aromatic heterocycles. The van der Waals surface area contributed by atoms with Crippen LogP contribution in [0.2, 0.25) is 10.0 Å². The molecule has 0 fully saturated rings. The molecule has 9 heteroatoms. The van der Waals surface area contributed by atoms with Crippen molar-refractivity contribution in [3.63, 3.8) is 0 Å². The molecule has 1 N–H and O–H groups in total. The first kappa shape index (κ1) is 26.3. The molecule has 0 saturated carbocycles. The zero-order chi connectivity index (χ0) is 26.8. The van der Waals surface area contributed by atoms with Crippen LogP contribution in [0.25, 0.3) is 0 Å². The summed E-state index contributed by atoms with van der Waals surface area (Å²) in [6, 6.07) is 10.1. The predicted octanol–water partition coefficient (Wildman–Crippen LogP) is 6.54. The number of ketones is 2. The van der Waals surface area contributed by atoms with Crippen molar-refractivity contribution >= 4 is 46.4 Å². The summed E-state index contributed by atoms with van der Waals surface area (Å²) in [6.45, 7) is 1.94. The summed E-state index contributed by atoms with van der Waals surface area (Å²) in [5.74, 6) is 1.30. The van der Waals surface area contributed by atoms with Crippen LogP contribution >= 0.6 is 23.2 Å². The largest absolute Gasteiger partial charge is 0.490 e. The molecule has 0 saturated heterocycles. The van der Waals surface area contributed by atoms with Crippen LogP contribution in [0.3, 0.4) is 0 Å². The molecule has 38 heavy (non-hydrogen) atoms. The molecule has 2 aromatic carbocycles. The van der Waals surface area contributed by atoms with Gasteiger partial charge in [0.15, 0.2) is 29.7 Å². The summed E-state index contributed by atoms with van der Waals surface area (Å²) < 4.78 is 17.8. The molecule has 7 nitrogen and oxygen atoms in total. The number of anilines is 1. The van der Waals surface area contributed by atoms with Crippen molar-refractivity contribution < 1.29 is 28.6 Å². The molecular formula is C29H27Cl2NO6. The van der Waals surface area contributed by atoms with E-state index in [0.29, 0.717) is 82.2 Å². The quantitative estimate of drug-likeness (QED) is 0.417. The summed E-state index contributed by atoms with van der Waals surface area (Å²) in [4.78, 5) is 38.6. The Balaban J connectivity index is 1.41. The van der Waals surface area contributed by atoms with Gasteiger partial charge in [-0.15, -0.1) is 0 Å². The lowest BCUT2D eigenvalue weighted by Crippen LogP contribution is -2.30. The normalized spacial score (nSPS) is 17.6. The van der Waals surface area contributed by atoms with Crippen molar-refractivity contribution in [3.8, 4) is 11.5 Å². The zero-order valence-electron chi connectivity index (χ0n) is 20.9. The smallest absolute Gasteiger partial charge is 0.262 e. The molecular weight excluding hydrogens is 529 g/mol. The average molecular weight is 556 g/mol. The van der Waals surface area contributed by atoms with E-state index in [1.165, 1.54) is 0 Å². The second-order valence-electron chi connectivity index (χ2n) is 9.37. The lowest BCUT2D eigenvalue weighted by molar-refractivity contribution is -0.119. The number of hydrogen-bond donors (Lipinski definition) is 1. The van der Waals surface area contributed by atoms with Crippen molar-refractivity contribution in [3.05, 3.63) is 74.7 Å².